The molecule has 1 heterocycles. The normalized spacial score (nSPS) is 20.0. The maximum Gasteiger partial charge on any atom is 0.336 e. The standard InChI is InChI=1S/C21H24INO3/c1-3-4-12-26-21(25)18-13(2)23-16-10-7-11-17(24)20(16)19(18)14-8-5-6-9-15(14)22/h5-6,8-9,19,23H,3-4,7,10-12H2,1-2H3/t19-/m0/s1. The Kier molecular flexibility index (Phi) is 6.16. The van der Waals surface area contributed by atoms with Gasteiger partial charge in [-0.05, 0) is 60.4 Å². The third kappa shape index (κ3) is 3.72. The van der Waals surface area contributed by atoms with Crippen LogP contribution in [-0.4, -0.2) is 18.4 Å². The lowest BCUT2D eigenvalue weighted by Gasteiger charge is -2.34. The van der Waals surface area contributed by atoms with Gasteiger partial charge in [0.05, 0.1) is 12.2 Å². The topological polar surface area (TPSA) is 55.4 Å². The van der Waals surface area contributed by atoms with Crippen LogP contribution in [0.2, 0.25) is 0 Å². The van der Waals surface area contributed by atoms with Gasteiger partial charge in [-0.2, -0.15) is 0 Å². The van der Waals surface area contributed by atoms with E-state index in [1.54, 1.807) is 0 Å². The minimum Gasteiger partial charge on any atom is -0.462 e. The second-order valence-electron chi connectivity index (χ2n) is 6.78. The number of unbranched alkanes of at least 4 members (excludes halogenated alkanes) is 1. The molecular formula is C21H24INO3. The van der Waals surface area contributed by atoms with E-state index in [1.165, 1.54) is 0 Å². The Labute approximate surface area is 168 Å². The van der Waals surface area contributed by atoms with Gasteiger partial charge >= 0.3 is 5.97 Å². The maximum absolute atomic E-state index is 12.9. The average molecular weight is 465 g/mol. The number of ketones is 1. The van der Waals surface area contributed by atoms with E-state index in [4.69, 9.17) is 4.74 Å². The summed E-state index contributed by atoms with van der Waals surface area (Å²) in [7, 11) is 0. The van der Waals surface area contributed by atoms with Crippen LogP contribution >= 0.6 is 22.6 Å². The minimum absolute atomic E-state index is 0.134. The number of dihydropyridines is 1. The summed E-state index contributed by atoms with van der Waals surface area (Å²) >= 11 is 2.28. The SMILES string of the molecule is CCCCOC(=O)C1=C(C)NC2=C(C(=O)CCC2)[C@H]1c1ccccc1I. The molecule has 3 rings (SSSR count). The number of carbonyl (C=O) groups is 2. The van der Waals surface area contributed by atoms with Gasteiger partial charge < -0.3 is 10.1 Å². The molecule has 0 fully saturated rings. The molecule has 1 aliphatic heterocycles. The van der Waals surface area contributed by atoms with E-state index in [-0.39, 0.29) is 17.7 Å². The summed E-state index contributed by atoms with van der Waals surface area (Å²) in [4.78, 5) is 25.7. The lowest BCUT2D eigenvalue weighted by atomic mass is 9.75. The third-order valence-electron chi connectivity index (χ3n) is 4.94. The first-order chi connectivity index (χ1) is 12.5. The van der Waals surface area contributed by atoms with Crippen molar-refractivity contribution in [2.24, 2.45) is 0 Å². The molecule has 0 spiro atoms. The zero-order valence-corrected chi connectivity index (χ0v) is 17.4. The molecule has 138 valence electrons. The van der Waals surface area contributed by atoms with E-state index >= 15 is 0 Å². The van der Waals surface area contributed by atoms with Crippen molar-refractivity contribution in [3.8, 4) is 0 Å². The van der Waals surface area contributed by atoms with E-state index in [2.05, 4.69) is 34.8 Å². The molecular weight excluding hydrogens is 441 g/mol. The lowest BCUT2D eigenvalue weighted by Crippen LogP contribution is -2.34. The Morgan fingerprint density at radius 2 is 2.08 bits per heavy atom. The van der Waals surface area contributed by atoms with Gasteiger partial charge in [-0.1, -0.05) is 31.5 Å². The van der Waals surface area contributed by atoms with Crippen molar-refractivity contribution in [3.05, 3.63) is 55.9 Å². The number of allylic oxidation sites excluding steroid dienone is 3. The van der Waals surface area contributed by atoms with Gasteiger partial charge in [0.15, 0.2) is 5.78 Å². The number of carbonyl (C=O) groups excluding carboxylic acids is 2. The van der Waals surface area contributed by atoms with Gasteiger partial charge in [-0.3, -0.25) is 4.79 Å². The molecule has 1 N–H and O–H groups in total. The lowest BCUT2D eigenvalue weighted by molar-refractivity contribution is -0.139. The number of Topliss-reactive ketones (excluding diaryl/α,β-unsaturated/α-hetero) is 1. The molecule has 0 unspecified atom stereocenters. The zero-order valence-electron chi connectivity index (χ0n) is 15.2. The van der Waals surface area contributed by atoms with Crippen molar-refractivity contribution in [3.63, 3.8) is 0 Å². The quantitative estimate of drug-likeness (QED) is 0.392. The first-order valence-electron chi connectivity index (χ1n) is 9.20. The molecule has 26 heavy (non-hydrogen) atoms. The number of halogens is 1. The molecule has 1 aromatic carbocycles. The van der Waals surface area contributed by atoms with Gasteiger partial charge in [0.2, 0.25) is 0 Å². The zero-order chi connectivity index (χ0) is 18.7. The molecule has 0 bridgehead atoms. The molecule has 0 amide bonds. The van der Waals surface area contributed by atoms with Crippen LogP contribution in [0.15, 0.2) is 46.8 Å². The molecule has 5 heteroatoms. The predicted octanol–water partition coefficient (Wildman–Crippen LogP) is 4.60. The molecule has 0 radical (unpaired) electrons. The Balaban J connectivity index is 2.07. The number of rotatable bonds is 5. The second kappa shape index (κ2) is 8.37. The molecule has 0 aromatic heterocycles. The summed E-state index contributed by atoms with van der Waals surface area (Å²) in [6.45, 7) is 4.38. The second-order valence-corrected chi connectivity index (χ2v) is 7.94. The first kappa shape index (κ1) is 19.1. The number of benzene rings is 1. The van der Waals surface area contributed by atoms with Crippen LogP contribution in [0.4, 0.5) is 0 Å². The van der Waals surface area contributed by atoms with Gasteiger partial charge in [-0.25, -0.2) is 4.79 Å². The molecule has 0 saturated heterocycles. The summed E-state index contributed by atoms with van der Waals surface area (Å²) < 4.78 is 6.58. The van der Waals surface area contributed by atoms with E-state index in [0.717, 1.165) is 51.8 Å². The highest BCUT2D eigenvalue weighted by atomic mass is 127. The Morgan fingerprint density at radius 3 is 2.81 bits per heavy atom. The number of hydrogen-bond donors (Lipinski definition) is 1. The van der Waals surface area contributed by atoms with Crippen LogP contribution in [0.1, 0.15) is 57.4 Å². The highest BCUT2D eigenvalue weighted by Crippen LogP contribution is 2.43. The van der Waals surface area contributed by atoms with Gasteiger partial charge in [-0.15, -0.1) is 0 Å². The van der Waals surface area contributed by atoms with E-state index in [1.807, 2.05) is 31.2 Å². The molecule has 2 aliphatic rings. The van der Waals surface area contributed by atoms with Crippen LogP contribution in [0.3, 0.4) is 0 Å². The van der Waals surface area contributed by atoms with Crippen molar-refractivity contribution < 1.29 is 14.3 Å². The van der Waals surface area contributed by atoms with Gasteiger partial charge in [0, 0.05) is 32.9 Å². The largest absolute Gasteiger partial charge is 0.462 e. The van der Waals surface area contributed by atoms with Crippen molar-refractivity contribution in [2.75, 3.05) is 6.61 Å². The highest BCUT2D eigenvalue weighted by molar-refractivity contribution is 14.1. The van der Waals surface area contributed by atoms with Crippen molar-refractivity contribution in [1.29, 1.82) is 0 Å². The molecule has 1 aromatic rings. The van der Waals surface area contributed by atoms with Gasteiger partial charge in [0.25, 0.3) is 0 Å². The maximum atomic E-state index is 12.9. The van der Waals surface area contributed by atoms with Crippen LogP contribution in [0.25, 0.3) is 0 Å². The molecule has 1 atom stereocenters. The van der Waals surface area contributed by atoms with Crippen LogP contribution in [0, 0.1) is 3.57 Å². The summed E-state index contributed by atoms with van der Waals surface area (Å²) in [5, 5.41) is 3.32. The number of nitrogens with one attached hydrogen (secondary N) is 1. The molecule has 0 saturated carbocycles. The first-order valence-corrected chi connectivity index (χ1v) is 10.3. The fourth-order valence-corrected chi connectivity index (χ4v) is 4.36. The van der Waals surface area contributed by atoms with Crippen LogP contribution in [-0.2, 0) is 14.3 Å². The highest BCUT2D eigenvalue weighted by Gasteiger charge is 2.39. The van der Waals surface area contributed by atoms with Crippen LogP contribution in [0.5, 0.6) is 0 Å². The monoisotopic (exact) mass is 465 g/mol. The fraction of sp³-hybridized carbons (Fsp3) is 0.429. The molecule has 4 nitrogen and oxygen atoms in total. The smallest absolute Gasteiger partial charge is 0.336 e. The number of esters is 1. The number of ether oxygens (including phenoxy) is 1. The van der Waals surface area contributed by atoms with Crippen LogP contribution < -0.4 is 5.32 Å². The Hall–Kier alpha value is -1.63. The van der Waals surface area contributed by atoms with Crippen molar-refractivity contribution >= 4 is 34.3 Å². The average Bonchev–Trinajstić information content (AvgIpc) is 2.61. The summed E-state index contributed by atoms with van der Waals surface area (Å²) in [6, 6.07) is 7.96. The Morgan fingerprint density at radius 1 is 1.31 bits per heavy atom. The molecule has 1 aliphatic carbocycles. The number of hydrogen-bond acceptors (Lipinski definition) is 4. The van der Waals surface area contributed by atoms with E-state index in [9.17, 15) is 9.59 Å². The summed E-state index contributed by atoms with van der Waals surface area (Å²) in [5.41, 5.74) is 4.07. The minimum atomic E-state index is -0.346. The third-order valence-corrected chi connectivity index (χ3v) is 5.93. The van der Waals surface area contributed by atoms with Crippen molar-refractivity contribution in [2.45, 2.75) is 51.9 Å². The van der Waals surface area contributed by atoms with E-state index < -0.39 is 0 Å². The van der Waals surface area contributed by atoms with Gasteiger partial charge in [0.1, 0.15) is 0 Å². The summed E-state index contributed by atoms with van der Waals surface area (Å²) in [6.07, 6.45) is 4.05. The summed E-state index contributed by atoms with van der Waals surface area (Å²) in [5.74, 6) is -0.533. The van der Waals surface area contributed by atoms with Crippen molar-refractivity contribution in [1.82, 2.24) is 5.32 Å². The van der Waals surface area contributed by atoms with E-state index in [0.29, 0.717) is 18.6 Å². The fourth-order valence-electron chi connectivity index (χ4n) is 3.66. The Bertz CT molecular complexity index is 794. The predicted molar refractivity (Wildman–Crippen MR) is 109 cm³/mol.